The molecule has 3 aromatic rings. The molecule has 7 nitrogen and oxygen atoms in total. The number of benzene rings is 1. The van der Waals surface area contributed by atoms with E-state index in [0.29, 0.717) is 11.5 Å². The van der Waals surface area contributed by atoms with Crippen molar-refractivity contribution in [3.05, 3.63) is 60.6 Å². The van der Waals surface area contributed by atoms with Crippen molar-refractivity contribution in [2.75, 3.05) is 36.5 Å². The second-order valence-electron chi connectivity index (χ2n) is 6.11. The smallest absolute Gasteiger partial charge is 0.227 e. The number of anilines is 3. The number of ether oxygens (including phenoxy) is 1. The van der Waals surface area contributed by atoms with Crippen molar-refractivity contribution < 1.29 is 4.74 Å². The summed E-state index contributed by atoms with van der Waals surface area (Å²) in [7, 11) is 0. The first kappa shape index (κ1) is 16.9. The molecular weight excluding hydrogens is 340 g/mol. The normalized spacial score (nSPS) is 13.8. The Bertz CT molecular complexity index is 961. The standard InChI is InChI=1S/C20H18N6O/c21-12-15-1-3-17(4-2-15)24-20-23-6-5-19(25-20)16-11-18(14-22-13-16)26-7-9-27-10-8-26/h1-6,11,13-14H,7-10H2,(H,23,24,25). The molecule has 4 rings (SSSR count). The van der Waals surface area contributed by atoms with Gasteiger partial charge in [-0.15, -0.1) is 0 Å². The lowest BCUT2D eigenvalue weighted by Gasteiger charge is -2.28. The quantitative estimate of drug-likeness (QED) is 0.767. The lowest BCUT2D eigenvalue weighted by Crippen LogP contribution is -2.36. The van der Waals surface area contributed by atoms with Crippen LogP contribution in [0.4, 0.5) is 17.3 Å². The van der Waals surface area contributed by atoms with Crippen LogP contribution in [-0.2, 0) is 4.74 Å². The molecule has 1 fully saturated rings. The molecule has 1 N–H and O–H groups in total. The second kappa shape index (κ2) is 7.81. The van der Waals surface area contributed by atoms with Crippen LogP contribution in [0.2, 0.25) is 0 Å². The summed E-state index contributed by atoms with van der Waals surface area (Å²) in [5, 5.41) is 12.1. The van der Waals surface area contributed by atoms with Crippen molar-refractivity contribution in [2.24, 2.45) is 0 Å². The van der Waals surface area contributed by atoms with Crippen LogP contribution in [0.15, 0.2) is 55.0 Å². The molecular formula is C20H18N6O. The van der Waals surface area contributed by atoms with Crippen LogP contribution in [0.3, 0.4) is 0 Å². The summed E-state index contributed by atoms with van der Waals surface area (Å²) in [5.74, 6) is 0.494. The average Bonchev–Trinajstić information content (AvgIpc) is 2.75. The van der Waals surface area contributed by atoms with Crippen molar-refractivity contribution in [1.82, 2.24) is 15.0 Å². The Hall–Kier alpha value is -3.50. The highest BCUT2D eigenvalue weighted by Crippen LogP contribution is 2.24. The summed E-state index contributed by atoms with van der Waals surface area (Å²) >= 11 is 0. The van der Waals surface area contributed by atoms with Gasteiger partial charge in [-0.25, -0.2) is 9.97 Å². The summed E-state index contributed by atoms with van der Waals surface area (Å²) in [6, 6.07) is 13.2. The zero-order chi connectivity index (χ0) is 18.5. The maximum atomic E-state index is 8.89. The summed E-state index contributed by atoms with van der Waals surface area (Å²) in [6.07, 6.45) is 5.39. The van der Waals surface area contributed by atoms with E-state index in [1.54, 1.807) is 24.5 Å². The van der Waals surface area contributed by atoms with Gasteiger partial charge in [0, 0.05) is 36.7 Å². The number of rotatable bonds is 4. The molecule has 0 saturated carbocycles. The highest BCUT2D eigenvalue weighted by Gasteiger charge is 2.13. The lowest BCUT2D eigenvalue weighted by molar-refractivity contribution is 0.122. The minimum atomic E-state index is 0.494. The fraction of sp³-hybridized carbons (Fsp3) is 0.200. The van der Waals surface area contributed by atoms with Crippen LogP contribution in [0.1, 0.15) is 5.56 Å². The molecule has 0 aliphatic carbocycles. The minimum Gasteiger partial charge on any atom is -0.378 e. The Morgan fingerprint density at radius 3 is 2.67 bits per heavy atom. The van der Waals surface area contributed by atoms with E-state index in [0.717, 1.165) is 48.9 Å². The molecule has 3 heterocycles. The van der Waals surface area contributed by atoms with Crippen molar-refractivity contribution in [2.45, 2.75) is 0 Å². The molecule has 27 heavy (non-hydrogen) atoms. The molecule has 134 valence electrons. The van der Waals surface area contributed by atoms with Crippen LogP contribution in [0.25, 0.3) is 11.3 Å². The van der Waals surface area contributed by atoms with Crippen molar-refractivity contribution in [3.8, 4) is 17.3 Å². The van der Waals surface area contributed by atoms with Crippen LogP contribution in [0, 0.1) is 11.3 Å². The van der Waals surface area contributed by atoms with Crippen LogP contribution >= 0.6 is 0 Å². The predicted octanol–water partition coefficient (Wildman–Crippen LogP) is 2.99. The number of nitrogens with zero attached hydrogens (tertiary/aromatic N) is 5. The Morgan fingerprint density at radius 2 is 1.89 bits per heavy atom. The zero-order valence-corrected chi connectivity index (χ0v) is 14.7. The number of nitriles is 1. The second-order valence-corrected chi connectivity index (χ2v) is 6.11. The molecule has 0 spiro atoms. The Morgan fingerprint density at radius 1 is 1.07 bits per heavy atom. The van der Waals surface area contributed by atoms with E-state index in [1.807, 2.05) is 24.4 Å². The van der Waals surface area contributed by atoms with Gasteiger partial charge < -0.3 is 15.0 Å². The third-order valence-corrected chi connectivity index (χ3v) is 4.32. The molecule has 0 atom stereocenters. The first-order valence-electron chi connectivity index (χ1n) is 8.70. The van der Waals surface area contributed by atoms with Gasteiger partial charge in [-0.3, -0.25) is 4.98 Å². The monoisotopic (exact) mass is 358 g/mol. The average molecular weight is 358 g/mol. The fourth-order valence-corrected chi connectivity index (χ4v) is 2.90. The molecule has 1 aromatic carbocycles. The van der Waals surface area contributed by atoms with Gasteiger partial charge in [-0.1, -0.05) is 0 Å². The van der Waals surface area contributed by atoms with Gasteiger partial charge in [-0.05, 0) is 36.4 Å². The maximum Gasteiger partial charge on any atom is 0.227 e. The van der Waals surface area contributed by atoms with E-state index < -0.39 is 0 Å². The largest absolute Gasteiger partial charge is 0.378 e. The van der Waals surface area contributed by atoms with Gasteiger partial charge in [-0.2, -0.15) is 5.26 Å². The van der Waals surface area contributed by atoms with Gasteiger partial charge in [0.2, 0.25) is 5.95 Å². The van der Waals surface area contributed by atoms with Crippen molar-refractivity contribution in [1.29, 1.82) is 5.26 Å². The van der Waals surface area contributed by atoms with Gasteiger partial charge in [0.05, 0.1) is 42.4 Å². The van der Waals surface area contributed by atoms with E-state index >= 15 is 0 Å². The number of morpholine rings is 1. The summed E-state index contributed by atoms with van der Waals surface area (Å²) in [5.41, 5.74) is 4.23. The molecule has 0 bridgehead atoms. The summed E-state index contributed by atoms with van der Waals surface area (Å²) < 4.78 is 5.41. The van der Waals surface area contributed by atoms with Crippen LogP contribution < -0.4 is 10.2 Å². The van der Waals surface area contributed by atoms with Gasteiger partial charge in [0.1, 0.15) is 0 Å². The van der Waals surface area contributed by atoms with Crippen molar-refractivity contribution >= 4 is 17.3 Å². The van der Waals surface area contributed by atoms with Crippen molar-refractivity contribution in [3.63, 3.8) is 0 Å². The number of hydrogen-bond donors (Lipinski definition) is 1. The van der Waals surface area contributed by atoms with E-state index in [-0.39, 0.29) is 0 Å². The molecule has 2 aromatic heterocycles. The highest BCUT2D eigenvalue weighted by atomic mass is 16.5. The molecule has 0 unspecified atom stereocenters. The van der Waals surface area contributed by atoms with E-state index in [4.69, 9.17) is 10.00 Å². The van der Waals surface area contributed by atoms with Crippen LogP contribution in [-0.4, -0.2) is 41.3 Å². The molecule has 7 heteroatoms. The third-order valence-electron chi connectivity index (χ3n) is 4.32. The number of aromatic nitrogens is 3. The SMILES string of the molecule is N#Cc1ccc(Nc2nccc(-c3cncc(N4CCOCC4)c3)n2)cc1. The molecule has 1 aliphatic rings. The Labute approximate surface area is 157 Å². The molecule has 1 saturated heterocycles. The first-order chi connectivity index (χ1) is 13.3. The van der Waals surface area contributed by atoms with Crippen LogP contribution in [0.5, 0.6) is 0 Å². The lowest BCUT2D eigenvalue weighted by atomic mass is 10.2. The zero-order valence-electron chi connectivity index (χ0n) is 14.7. The topological polar surface area (TPSA) is 87.0 Å². The third kappa shape index (κ3) is 4.02. The summed E-state index contributed by atoms with van der Waals surface area (Å²) in [6.45, 7) is 3.19. The van der Waals surface area contributed by atoms with Gasteiger partial charge >= 0.3 is 0 Å². The first-order valence-corrected chi connectivity index (χ1v) is 8.70. The van der Waals surface area contributed by atoms with E-state index in [1.165, 1.54) is 0 Å². The molecule has 0 radical (unpaired) electrons. The maximum absolute atomic E-state index is 8.89. The number of hydrogen-bond acceptors (Lipinski definition) is 7. The predicted molar refractivity (Wildman–Crippen MR) is 103 cm³/mol. The Balaban J connectivity index is 1.55. The minimum absolute atomic E-state index is 0.494. The van der Waals surface area contributed by atoms with E-state index in [2.05, 4.69) is 37.3 Å². The number of pyridine rings is 1. The molecule has 1 aliphatic heterocycles. The highest BCUT2D eigenvalue weighted by molar-refractivity contribution is 5.65. The van der Waals surface area contributed by atoms with Gasteiger partial charge in [0.15, 0.2) is 0 Å². The Kier molecular flexibility index (Phi) is 4.90. The number of nitrogens with one attached hydrogen (secondary N) is 1. The molecule has 0 amide bonds. The van der Waals surface area contributed by atoms with E-state index in [9.17, 15) is 0 Å². The summed E-state index contributed by atoms with van der Waals surface area (Å²) in [4.78, 5) is 15.5. The fourth-order valence-electron chi connectivity index (χ4n) is 2.90. The van der Waals surface area contributed by atoms with Gasteiger partial charge in [0.25, 0.3) is 0 Å².